The van der Waals surface area contributed by atoms with Gasteiger partial charge in [-0.05, 0) is 36.5 Å². The molecule has 0 aliphatic rings. The third-order valence-corrected chi connectivity index (χ3v) is 3.33. The highest BCUT2D eigenvalue weighted by Crippen LogP contribution is 2.16. The van der Waals surface area contributed by atoms with Gasteiger partial charge in [-0.3, -0.25) is 9.59 Å². The van der Waals surface area contributed by atoms with Crippen molar-refractivity contribution in [2.24, 2.45) is 17.6 Å². The molecule has 0 aliphatic heterocycles. The summed E-state index contributed by atoms with van der Waals surface area (Å²) < 4.78 is 12.8. The topological polar surface area (TPSA) is 80.4 Å². The minimum absolute atomic E-state index is 0.0966. The molecule has 2 atom stereocenters. The van der Waals surface area contributed by atoms with E-state index < -0.39 is 17.9 Å². The summed E-state index contributed by atoms with van der Waals surface area (Å²) in [6.45, 7) is 3.92. The molecule has 3 N–H and O–H groups in total. The van der Waals surface area contributed by atoms with E-state index in [1.165, 1.54) is 24.3 Å². The molecule has 1 rings (SSSR count). The Hall–Kier alpha value is -1.75. The van der Waals surface area contributed by atoms with E-state index in [-0.39, 0.29) is 30.4 Å². The van der Waals surface area contributed by atoms with Crippen LogP contribution < -0.4 is 5.73 Å². The van der Waals surface area contributed by atoms with Gasteiger partial charge in [-0.2, -0.15) is 0 Å². The van der Waals surface area contributed by atoms with Gasteiger partial charge in [-0.15, -0.1) is 0 Å². The SMILES string of the molecule is CC(C)C[C@H](N)C(=O)C[C@@H](Cc1ccc(F)cc1)C(=O)O. The lowest BCUT2D eigenvalue weighted by atomic mass is 9.90. The Balaban J connectivity index is 2.67. The van der Waals surface area contributed by atoms with Crippen LogP contribution >= 0.6 is 0 Å². The van der Waals surface area contributed by atoms with E-state index in [0.29, 0.717) is 12.0 Å². The molecule has 0 amide bonds. The van der Waals surface area contributed by atoms with Crippen LogP contribution in [0.5, 0.6) is 0 Å². The van der Waals surface area contributed by atoms with E-state index in [0.717, 1.165) is 0 Å². The van der Waals surface area contributed by atoms with Crippen LogP contribution in [0, 0.1) is 17.7 Å². The number of carboxylic acids is 1. The van der Waals surface area contributed by atoms with Gasteiger partial charge in [-0.1, -0.05) is 26.0 Å². The molecule has 0 fully saturated rings. The summed E-state index contributed by atoms with van der Waals surface area (Å²) in [7, 11) is 0. The highest BCUT2D eigenvalue weighted by atomic mass is 19.1. The van der Waals surface area contributed by atoms with Crippen LogP contribution in [0.3, 0.4) is 0 Å². The lowest BCUT2D eigenvalue weighted by Crippen LogP contribution is -2.34. The van der Waals surface area contributed by atoms with Gasteiger partial charge in [0.2, 0.25) is 0 Å². The molecule has 1 aromatic rings. The first kappa shape index (κ1) is 17.3. The van der Waals surface area contributed by atoms with Crippen molar-refractivity contribution in [3.63, 3.8) is 0 Å². The van der Waals surface area contributed by atoms with Crippen LogP contribution in [0.25, 0.3) is 0 Å². The quantitative estimate of drug-likeness (QED) is 0.771. The van der Waals surface area contributed by atoms with Gasteiger partial charge in [0.1, 0.15) is 11.6 Å². The Morgan fingerprint density at radius 3 is 2.29 bits per heavy atom. The van der Waals surface area contributed by atoms with Gasteiger partial charge in [-0.25, -0.2) is 4.39 Å². The molecule has 5 heteroatoms. The standard InChI is InChI=1S/C16H22FNO3/c1-10(2)7-14(18)15(19)9-12(16(20)21)8-11-3-5-13(17)6-4-11/h3-6,10,12,14H,7-9,18H2,1-2H3,(H,20,21)/t12-,14+/m1/s1. The average Bonchev–Trinajstić information content (AvgIpc) is 2.39. The number of nitrogens with two attached hydrogens (primary N) is 1. The average molecular weight is 295 g/mol. The van der Waals surface area contributed by atoms with Crippen molar-refractivity contribution in [2.75, 3.05) is 0 Å². The molecule has 0 saturated heterocycles. The van der Waals surface area contributed by atoms with E-state index >= 15 is 0 Å². The van der Waals surface area contributed by atoms with Crippen molar-refractivity contribution in [3.8, 4) is 0 Å². The van der Waals surface area contributed by atoms with E-state index in [9.17, 15) is 19.1 Å². The lowest BCUT2D eigenvalue weighted by molar-refractivity contribution is -0.143. The maximum Gasteiger partial charge on any atom is 0.307 e. The largest absolute Gasteiger partial charge is 0.481 e. The summed E-state index contributed by atoms with van der Waals surface area (Å²) in [5.74, 6) is -2.20. The van der Waals surface area contributed by atoms with Crippen molar-refractivity contribution in [2.45, 2.75) is 39.2 Å². The molecule has 116 valence electrons. The third-order valence-electron chi connectivity index (χ3n) is 3.33. The van der Waals surface area contributed by atoms with Gasteiger partial charge in [0, 0.05) is 6.42 Å². The second kappa shape index (κ2) is 7.88. The summed E-state index contributed by atoms with van der Waals surface area (Å²) in [4.78, 5) is 23.3. The number of carbonyl (C=O) groups excluding carboxylic acids is 1. The molecule has 0 unspecified atom stereocenters. The maximum atomic E-state index is 12.8. The smallest absolute Gasteiger partial charge is 0.307 e. The number of Topliss-reactive ketones (excluding diaryl/α,β-unsaturated/α-hetero) is 1. The Morgan fingerprint density at radius 2 is 1.81 bits per heavy atom. The van der Waals surface area contributed by atoms with Gasteiger partial charge in [0.25, 0.3) is 0 Å². The zero-order chi connectivity index (χ0) is 16.0. The summed E-state index contributed by atoms with van der Waals surface area (Å²) >= 11 is 0. The Bertz CT molecular complexity index is 485. The Labute approximate surface area is 124 Å². The lowest BCUT2D eigenvalue weighted by Gasteiger charge is -2.16. The van der Waals surface area contributed by atoms with Crippen LogP contribution in [0.4, 0.5) is 4.39 Å². The summed E-state index contributed by atoms with van der Waals surface area (Å²) in [5, 5.41) is 9.23. The maximum absolute atomic E-state index is 12.8. The zero-order valence-electron chi connectivity index (χ0n) is 12.4. The van der Waals surface area contributed by atoms with Crippen molar-refractivity contribution < 1.29 is 19.1 Å². The van der Waals surface area contributed by atoms with E-state index in [2.05, 4.69) is 0 Å². The van der Waals surface area contributed by atoms with Crippen LogP contribution in [0.15, 0.2) is 24.3 Å². The van der Waals surface area contributed by atoms with E-state index in [1.54, 1.807) is 0 Å². The van der Waals surface area contributed by atoms with Crippen LogP contribution in [-0.4, -0.2) is 22.9 Å². The van der Waals surface area contributed by atoms with Gasteiger partial charge in [0.15, 0.2) is 0 Å². The number of hydrogen-bond donors (Lipinski definition) is 2. The van der Waals surface area contributed by atoms with Crippen molar-refractivity contribution in [1.82, 2.24) is 0 Å². The van der Waals surface area contributed by atoms with E-state index in [4.69, 9.17) is 5.73 Å². The second-order valence-corrected chi connectivity index (χ2v) is 5.77. The van der Waals surface area contributed by atoms with Gasteiger partial charge in [0.05, 0.1) is 12.0 Å². The number of halogens is 1. The monoisotopic (exact) mass is 295 g/mol. The first-order valence-corrected chi connectivity index (χ1v) is 7.05. The fourth-order valence-corrected chi connectivity index (χ4v) is 2.19. The van der Waals surface area contributed by atoms with Crippen molar-refractivity contribution in [1.29, 1.82) is 0 Å². The van der Waals surface area contributed by atoms with Crippen molar-refractivity contribution in [3.05, 3.63) is 35.6 Å². The van der Waals surface area contributed by atoms with Crippen LogP contribution in [-0.2, 0) is 16.0 Å². The second-order valence-electron chi connectivity index (χ2n) is 5.77. The number of carbonyl (C=O) groups is 2. The summed E-state index contributed by atoms with van der Waals surface area (Å²) in [5.41, 5.74) is 6.48. The molecule has 0 heterocycles. The fraction of sp³-hybridized carbons (Fsp3) is 0.500. The number of hydrogen-bond acceptors (Lipinski definition) is 3. The molecule has 0 aromatic heterocycles. The third kappa shape index (κ3) is 6.04. The first-order valence-electron chi connectivity index (χ1n) is 7.05. The Kier molecular flexibility index (Phi) is 6.49. The van der Waals surface area contributed by atoms with Crippen LogP contribution in [0.2, 0.25) is 0 Å². The predicted octanol–water partition coefficient (Wildman–Crippen LogP) is 2.40. The molecular weight excluding hydrogens is 273 g/mol. The number of ketones is 1. The van der Waals surface area contributed by atoms with Gasteiger partial charge >= 0.3 is 5.97 Å². The summed E-state index contributed by atoms with van der Waals surface area (Å²) in [6.07, 6.45) is 0.637. The predicted molar refractivity (Wildman–Crippen MR) is 78.3 cm³/mol. The molecular formula is C16H22FNO3. The number of aliphatic carboxylic acids is 1. The first-order chi connectivity index (χ1) is 9.79. The van der Waals surface area contributed by atoms with Crippen LogP contribution in [0.1, 0.15) is 32.3 Å². The highest BCUT2D eigenvalue weighted by Gasteiger charge is 2.25. The minimum Gasteiger partial charge on any atom is -0.481 e. The molecule has 0 aliphatic carbocycles. The molecule has 4 nitrogen and oxygen atoms in total. The molecule has 0 saturated carbocycles. The number of carboxylic acid groups (broad SMARTS) is 1. The Morgan fingerprint density at radius 1 is 1.24 bits per heavy atom. The fourth-order valence-electron chi connectivity index (χ4n) is 2.19. The molecule has 21 heavy (non-hydrogen) atoms. The zero-order valence-corrected chi connectivity index (χ0v) is 12.4. The summed E-state index contributed by atoms with van der Waals surface area (Å²) in [6, 6.07) is 4.99. The highest BCUT2D eigenvalue weighted by molar-refractivity contribution is 5.87. The number of benzene rings is 1. The normalized spacial score (nSPS) is 14.0. The molecule has 0 spiro atoms. The minimum atomic E-state index is -1.04. The van der Waals surface area contributed by atoms with Crippen molar-refractivity contribution >= 4 is 11.8 Å². The number of rotatable bonds is 8. The van der Waals surface area contributed by atoms with E-state index in [1.807, 2.05) is 13.8 Å². The molecule has 1 aromatic carbocycles. The molecule has 0 radical (unpaired) electrons. The molecule has 0 bridgehead atoms. The van der Waals surface area contributed by atoms with Gasteiger partial charge < -0.3 is 10.8 Å².